The Morgan fingerprint density at radius 2 is 2.11 bits per heavy atom. The molecule has 0 atom stereocenters. The molecule has 0 aliphatic heterocycles. The molecule has 19 heavy (non-hydrogen) atoms. The molecule has 1 rings (SSSR count). The lowest BCUT2D eigenvalue weighted by Gasteiger charge is -2.10. The highest BCUT2D eigenvalue weighted by Gasteiger charge is 2.20. The SMILES string of the molecule is COC(=O)CCCc1cccc(C(C)C)c1[N+](=O)[O-]. The molecule has 5 heteroatoms. The summed E-state index contributed by atoms with van der Waals surface area (Å²) in [5.41, 5.74) is 1.60. The van der Waals surface area contributed by atoms with E-state index in [9.17, 15) is 14.9 Å². The van der Waals surface area contributed by atoms with Crippen molar-refractivity contribution in [3.8, 4) is 0 Å². The van der Waals surface area contributed by atoms with Gasteiger partial charge in [0.05, 0.1) is 12.0 Å². The highest BCUT2D eigenvalue weighted by molar-refractivity contribution is 5.69. The molecule has 1 aromatic rings. The number of carbonyl (C=O) groups excluding carboxylic acids is 1. The number of methoxy groups -OCH3 is 1. The molecule has 1 aromatic carbocycles. The molecule has 0 fully saturated rings. The number of benzene rings is 1. The Balaban J connectivity index is 2.91. The quantitative estimate of drug-likeness (QED) is 0.450. The van der Waals surface area contributed by atoms with Crippen LogP contribution in [0, 0.1) is 10.1 Å². The lowest BCUT2D eigenvalue weighted by molar-refractivity contribution is -0.386. The van der Waals surface area contributed by atoms with Gasteiger partial charge in [-0.2, -0.15) is 0 Å². The second-order valence-electron chi connectivity index (χ2n) is 4.70. The Morgan fingerprint density at radius 3 is 2.63 bits per heavy atom. The highest BCUT2D eigenvalue weighted by atomic mass is 16.6. The molecular formula is C14H19NO4. The molecule has 0 N–H and O–H groups in total. The molecular weight excluding hydrogens is 246 g/mol. The van der Waals surface area contributed by atoms with Gasteiger partial charge in [-0.1, -0.05) is 32.0 Å². The Hall–Kier alpha value is -1.91. The number of para-hydroxylation sites is 1. The predicted octanol–water partition coefficient (Wildman–Crippen LogP) is 3.21. The van der Waals surface area contributed by atoms with Crippen molar-refractivity contribution in [2.24, 2.45) is 0 Å². The Kier molecular flexibility index (Phi) is 5.48. The van der Waals surface area contributed by atoms with E-state index in [1.165, 1.54) is 7.11 Å². The van der Waals surface area contributed by atoms with Gasteiger partial charge < -0.3 is 4.74 Å². The van der Waals surface area contributed by atoms with Crippen molar-refractivity contribution in [3.05, 3.63) is 39.4 Å². The first kappa shape index (κ1) is 15.1. The summed E-state index contributed by atoms with van der Waals surface area (Å²) in [6.45, 7) is 3.86. The van der Waals surface area contributed by atoms with Gasteiger partial charge in [0.15, 0.2) is 0 Å². The number of rotatable bonds is 6. The van der Waals surface area contributed by atoms with Gasteiger partial charge in [-0.05, 0) is 18.8 Å². The fourth-order valence-corrected chi connectivity index (χ4v) is 2.03. The molecule has 0 spiro atoms. The van der Waals surface area contributed by atoms with Crippen LogP contribution in [0.25, 0.3) is 0 Å². The average molecular weight is 265 g/mol. The van der Waals surface area contributed by atoms with Gasteiger partial charge >= 0.3 is 5.97 Å². The first-order chi connectivity index (χ1) is 8.97. The van der Waals surface area contributed by atoms with E-state index in [0.717, 1.165) is 5.56 Å². The minimum Gasteiger partial charge on any atom is -0.469 e. The number of nitrogens with zero attached hydrogens (tertiary/aromatic N) is 1. The highest BCUT2D eigenvalue weighted by Crippen LogP contribution is 2.30. The van der Waals surface area contributed by atoms with Crippen LogP contribution < -0.4 is 0 Å². The van der Waals surface area contributed by atoms with Crippen LogP contribution in [0.4, 0.5) is 5.69 Å². The molecule has 0 aliphatic rings. The second kappa shape index (κ2) is 6.87. The van der Waals surface area contributed by atoms with E-state index in [2.05, 4.69) is 4.74 Å². The van der Waals surface area contributed by atoms with Crippen molar-refractivity contribution in [1.82, 2.24) is 0 Å². The molecule has 0 aliphatic carbocycles. The summed E-state index contributed by atoms with van der Waals surface area (Å²) in [6, 6.07) is 5.36. The summed E-state index contributed by atoms with van der Waals surface area (Å²) < 4.78 is 4.55. The topological polar surface area (TPSA) is 69.4 Å². The van der Waals surface area contributed by atoms with Crippen molar-refractivity contribution < 1.29 is 14.5 Å². The monoisotopic (exact) mass is 265 g/mol. The molecule has 5 nitrogen and oxygen atoms in total. The van der Waals surface area contributed by atoms with Crippen LogP contribution in [0.15, 0.2) is 18.2 Å². The van der Waals surface area contributed by atoms with Crippen LogP contribution in [0.3, 0.4) is 0 Å². The minimum atomic E-state index is -0.331. The molecule has 0 unspecified atom stereocenters. The number of nitro benzene ring substituents is 1. The number of nitro groups is 1. The molecule has 0 saturated carbocycles. The fraction of sp³-hybridized carbons (Fsp3) is 0.500. The van der Waals surface area contributed by atoms with E-state index < -0.39 is 0 Å². The van der Waals surface area contributed by atoms with Gasteiger partial charge in [0.25, 0.3) is 5.69 Å². The van der Waals surface area contributed by atoms with Crippen molar-refractivity contribution in [3.63, 3.8) is 0 Å². The zero-order chi connectivity index (χ0) is 14.4. The Bertz CT molecular complexity index is 469. The second-order valence-corrected chi connectivity index (χ2v) is 4.70. The van der Waals surface area contributed by atoms with E-state index in [4.69, 9.17) is 0 Å². The van der Waals surface area contributed by atoms with Gasteiger partial charge in [0.1, 0.15) is 0 Å². The summed E-state index contributed by atoms with van der Waals surface area (Å²) in [5.74, 6) is -0.191. The number of ether oxygens (including phenoxy) is 1. The van der Waals surface area contributed by atoms with Crippen molar-refractivity contribution in [2.75, 3.05) is 7.11 Å². The fourth-order valence-electron chi connectivity index (χ4n) is 2.03. The van der Waals surface area contributed by atoms with Crippen LogP contribution in [-0.2, 0) is 16.0 Å². The smallest absolute Gasteiger partial charge is 0.305 e. The van der Waals surface area contributed by atoms with Gasteiger partial charge in [-0.25, -0.2) is 0 Å². The average Bonchev–Trinajstić information content (AvgIpc) is 2.37. The third-order valence-corrected chi connectivity index (χ3v) is 3.01. The molecule has 0 radical (unpaired) electrons. The zero-order valence-electron chi connectivity index (χ0n) is 11.5. The number of hydrogen-bond acceptors (Lipinski definition) is 4. The minimum absolute atomic E-state index is 0.0981. The third kappa shape index (κ3) is 4.05. The Morgan fingerprint density at radius 1 is 1.42 bits per heavy atom. The first-order valence-electron chi connectivity index (χ1n) is 6.30. The largest absolute Gasteiger partial charge is 0.469 e. The molecule has 0 bridgehead atoms. The van der Waals surface area contributed by atoms with Gasteiger partial charge in [0, 0.05) is 17.5 Å². The maximum Gasteiger partial charge on any atom is 0.305 e. The van der Waals surface area contributed by atoms with Crippen LogP contribution in [0.1, 0.15) is 43.7 Å². The number of carbonyl (C=O) groups is 1. The summed E-state index contributed by atoms with van der Waals surface area (Å²) in [6.07, 6.45) is 1.33. The summed E-state index contributed by atoms with van der Waals surface area (Å²) in [5, 5.41) is 11.2. The van der Waals surface area contributed by atoms with Crippen LogP contribution in [-0.4, -0.2) is 18.0 Å². The maximum atomic E-state index is 11.2. The normalized spacial score (nSPS) is 10.5. The van der Waals surface area contributed by atoms with E-state index in [1.54, 1.807) is 12.1 Å². The summed E-state index contributed by atoms with van der Waals surface area (Å²) in [7, 11) is 1.34. The lowest BCUT2D eigenvalue weighted by Crippen LogP contribution is -2.04. The molecule has 0 amide bonds. The van der Waals surface area contributed by atoms with Gasteiger partial charge in [-0.3, -0.25) is 14.9 Å². The standard InChI is InChI=1S/C14H19NO4/c1-10(2)12-8-4-6-11(14(12)15(17)18)7-5-9-13(16)19-3/h4,6,8,10H,5,7,9H2,1-3H3. The summed E-state index contributed by atoms with van der Waals surface area (Å²) >= 11 is 0. The molecule has 0 saturated heterocycles. The van der Waals surface area contributed by atoms with E-state index in [-0.39, 0.29) is 28.9 Å². The van der Waals surface area contributed by atoms with Crippen LogP contribution in [0.5, 0.6) is 0 Å². The van der Waals surface area contributed by atoms with Gasteiger partial charge in [-0.15, -0.1) is 0 Å². The molecule has 0 aromatic heterocycles. The maximum absolute atomic E-state index is 11.2. The number of aryl methyl sites for hydroxylation is 1. The van der Waals surface area contributed by atoms with E-state index in [0.29, 0.717) is 18.4 Å². The van der Waals surface area contributed by atoms with Crippen LogP contribution >= 0.6 is 0 Å². The number of hydrogen-bond donors (Lipinski definition) is 0. The summed E-state index contributed by atoms with van der Waals surface area (Å²) in [4.78, 5) is 21.9. The van der Waals surface area contributed by atoms with Crippen LogP contribution in [0.2, 0.25) is 0 Å². The van der Waals surface area contributed by atoms with Crippen molar-refractivity contribution in [1.29, 1.82) is 0 Å². The number of esters is 1. The molecule has 104 valence electrons. The molecule has 0 heterocycles. The zero-order valence-corrected chi connectivity index (χ0v) is 11.5. The van der Waals surface area contributed by atoms with E-state index in [1.807, 2.05) is 19.9 Å². The van der Waals surface area contributed by atoms with Crippen molar-refractivity contribution in [2.45, 2.75) is 39.0 Å². The third-order valence-electron chi connectivity index (χ3n) is 3.01. The lowest BCUT2D eigenvalue weighted by atomic mass is 9.95. The van der Waals surface area contributed by atoms with Crippen molar-refractivity contribution >= 4 is 11.7 Å². The predicted molar refractivity (Wildman–Crippen MR) is 72.1 cm³/mol. The van der Waals surface area contributed by atoms with Gasteiger partial charge in [0.2, 0.25) is 0 Å². The first-order valence-corrected chi connectivity index (χ1v) is 6.30. The Labute approximate surface area is 112 Å². The van der Waals surface area contributed by atoms with E-state index >= 15 is 0 Å².